The molecule has 3 aliphatic heterocycles. The molecule has 7 rings (SSSR count). The van der Waals surface area contributed by atoms with Crippen molar-refractivity contribution in [1.29, 1.82) is 0 Å². The standard InChI is InChI=1S/C33H33FN4O5/c1-3-5-22-18-28(37-36-22)33(40)38-14-12-20-16-23-7-9-25(20)31(38)21-6-11-29(41-2)30(17-21)42-15-4-13-35-32(39)26-19-24(43-23)8-10-27(26)34/h6-11,16-19,31H,3-5,12-15H2,1-2H3,(H,35,39)(H,36,37). The van der Waals surface area contributed by atoms with Crippen LogP contribution in [0.4, 0.5) is 4.39 Å². The maximum atomic E-state index is 14.5. The third-order valence-electron chi connectivity index (χ3n) is 7.76. The van der Waals surface area contributed by atoms with Crippen molar-refractivity contribution in [2.24, 2.45) is 0 Å². The van der Waals surface area contributed by atoms with Gasteiger partial charge in [-0.25, -0.2) is 4.39 Å². The van der Waals surface area contributed by atoms with Gasteiger partial charge in [0.2, 0.25) is 0 Å². The number of methoxy groups -OCH3 is 1. The highest BCUT2D eigenvalue weighted by Gasteiger charge is 2.34. The molecule has 8 bridgehead atoms. The summed E-state index contributed by atoms with van der Waals surface area (Å²) in [6.07, 6.45) is 2.83. The Bertz CT molecular complexity index is 1670. The summed E-state index contributed by atoms with van der Waals surface area (Å²) in [6.45, 7) is 3.11. The maximum Gasteiger partial charge on any atom is 0.275 e. The van der Waals surface area contributed by atoms with Gasteiger partial charge in [0.05, 0.1) is 25.3 Å². The van der Waals surface area contributed by atoms with E-state index in [1.54, 1.807) is 7.11 Å². The van der Waals surface area contributed by atoms with E-state index in [4.69, 9.17) is 14.2 Å². The van der Waals surface area contributed by atoms with E-state index in [0.29, 0.717) is 48.1 Å². The van der Waals surface area contributed by atoms with E-state index in [9.17, 15) is 14.0 Å². The van der Waals surface area contributed by atoms with Gasteiger partial charge in [0.15, 0.2) is 11.5 Å². The molecule has 0 spiro atoms. The Hall–Kier alpha value is -4.86. The number of nitrogens with zero attached hydrogens (tertiary/aromatic N) is 2. The predicted octanol–water partition coefficient (Wildman–Crippen LogP) is 5.60. The first-order chi connectivity index (χ1) is 20.9. The van der Waals surface area contributed by atoms with Gasteiger partial charge >= 0.3 is 0 Å². The molecule has 0 radical (unpaired) electrons. The molecular weight excluding hydrogens is 551 g/mol. The number of ether oxygens (including phenoxy) is 3. The first-order valence-corrected chi connectivity index (χ1v) is 14.5. The third-order valence-corrected chi connectivity index (χ3v) is 7.76. The SMILES string of the molecule is CCCc1cc(C(=O)N2CCc3cc4ccc3C2c2ccc(OC)c(c2)OCCCNC(=O)c2cc(ccc2F)O4)n[nH]1. The second kappa shape index (κ2) is 12.2. The highest BCUT2D eigenvalue weighted by molar-refractivity contribution is 5.95. The van der Waals surface area contributed by atoms with Crippen LogP contribution in [0.1, 0.15) is 69.0 Å². The third kappa shape index (κ3) is 5.77. The number of aryl methyl sites for hydroxylation is 1. The summed E-state index contributed by atoms with van der Waals surface area (Å²) < 4.78 is 32.3. The minimum Gasteiger partial charge on any atom is -0.493 e. The zero-order valence-corrected chi connectivity index (χ0v) is 24.1. The van der Waals surface area contributed by atoms with Crippen molar-refractivity contribution in [3.8, 4) is 23.0 Å². The number of aromatic amines is 1. The van der Waals surface area contributed by atoms with Gasteiger partial charge in [-0.05, 0) is 84.5 Å². The number of halogens is 1. The molecule has 222 valence electrons. The molecule has 1 atom stereocenters. The average molecular weight is 585 g/mol. The van der Waals surface area contributed by atoms with E-state index < -0.39 is 17.8 Å². The molecule has 0 fully saturated rings. The number of hydrogen-bond donors (Lipinski definition) is 2. The Morgan fingerprint density at radius 3 is 2.79 bits per heavy atom. The lowest BCUT2D eigenvalue weighted by Crippen LogP contribution is -2.40. The van der Waals surface area contributed by atoms with Crippen LogP contribution >= 0.6 is 0 Å². The van der Waals surface area contributed by atoms with Gasteiger partial charge in [0.25, 0.3) is 11.8 Å². The van der Waals surface area contributed by atoms with Gasteiger partial charge in [-0.3, -0.25) is 14.7 Å². The van der Waals surface area contributed by atoms with Crippen molar-refractivity contribution in [1.82, 2.24) is 20.4 Å². The first-order valence-electron chi connectivity index (χ1n) is 14.5. The summed E-state index contributed by atoms with van der Waals surface area (Å²) in [7, 11) is 1.57. The van der Waals surface area contributed by atoms with Crippen molar-refractivity contribution >= 4 is 11.8 Å². The molecule has 1 aromatic heterocycles. The number of benzene rings is 3. The van der Waals surface area contributed by atoms with Crippen LogP contribution < -0.4 is 19.5 Å². The molecule has 0 aliphatic carbocycles. The fourth-order valence-electron chi connectivity index (χ4n) is 5.67. The van der Waals surface area contributed by atoms with Crippen molar-refractivity contribution < 1.29 is 28.2 Å². The Kier molecular flexibility index (Phi) is 8.00. The number of aromatic nitrogens is 2. The zero-order valence-electron chi connectivity index (χ0n) is 24.1. The molecule has 3 aliphatic rings. The molecule has 9 nitrogen and oxygen atoms in total. The molecule has 2 N–H and O–H groups in total. The fourth-order valence-corrected chi connectivity index (χ4v) is 5.67. The largest absolute Gasteiger partial charge is 0.493 e. The van der Waals surface area contributed by atoms with Gasteiger partial charge in [0.1, 0.15) is 23.0 Å². The molecule has 4 aromatic rings. The maximum absolute atomic E-state index is 14.5. The summed E-state index contributed by atoms with van der Waals surface area (Å²) in [5.41, 5.74) is 4.04. The molecule has 43 heavy (non-hydrogen) atoms. The summed E-state index contributed by atoms with van der Waals surface area (Å²) >= 11 is 0. The van der Waals surface area contributed by atoms with E-state index in [1.807, 2.05) is 47.4 Å². The molecule has 3 aromatic carbocycles. The van der Waals surface area contributed by atoms with Crippen molar-refractivity contribution in [2.75, 3.05) is 26.8 Å². The van der Waals surface area contributed by atoms with Crippen LogP contribution in [0.2, 0.25) is 0 Å². The van der Waals surface area contributed by atoms with Crippen LogP contribution in [0.15, 0.2) is 60.7 Å². The minimum atomic E-state index is -0.631. The molecule has 0 saturated heterocycles. The Morgan fingerprint density at radius 1 is 1.12 bits per heavy atom. The lowest BCUT2D eigenvalue weighted by atomic mass is 9.87. The zero-order chi connectivity index (χ0) is 29.9. The normalized spacial score (nSPS) is 16.4. The fraction of sp³-hybridized carbons (Fsp3) is 0.303. The quantitative estimate of drug-likeness (QED) is 0.324. The first kappa shape index (κ1) is 28.3. The van der Waals surface area contributed by atoms with Gasteiger partial charge in [-0.2, -0.15) is 5.10 Å². The number of fused-ring (bicyclic) bond motifs is 6. The highest BCUT2D eigenvalue weighted by Crippen LogP contribution is 2.41. The predicted molar refractivity (Wildman–Crippen MR) is 158 cm³/mol. The van der Waals surface area contributed by atoms with E-state index >= 15 is 0 Å². The van der Waals surface area contributed by atoms with Crippen LogP contribution in [0.25, 0.3) is 0 Å². The number of amides is 2. The topological polar surface area (TPSA) is 106 Å². The summed E-state index contributed by atoms with van der Waals surface area (Å²) in [5.74, 6) is 0.651. The number of carbonyl (C=O) groups is 2. The molecule has 2 amide bonds. The molecular formula is C33H33FN4O5. The molecule has 10 heteroatoms. The van der Waals surface area contributed by atoms with Crippen LogP contribution in [0.5, 0.6) is 23.0 Å². The van der Waals surface area contributed by atoms with Crippen LogP contribution in [0, 0.1) is 5.82 Å². The van der Waals surface area contributed by atoms with Gasteiger partial charge in [-0.15, -0.1) is 0 Å². The van der Waals surface area contributed by atoms with Crippen LogP contribution in [-0.4, -0.2) is 53.7 Å². The second-order valence-electron chi connectivity index (χ2n) is 10.7. The number of hydrogen-bond acceptors (Lipinski definition) is 6. The van der Waals surface area contributed by atoms with Crippen LogP contribution in [0.3, 0.4) is 0 Å². The van der Waals surface area contributed by atoms with Gasteiger partial charge in [0, 0.05) is 18.8 Å². The van der Waals surface area contributed by atoms with E-state index in [2.05, 4.69) is 22.4 Å². The van der Waals surface area contributed by atoms with E-state index in [0.717, 1.165) is 35.2 Å². The summed E-state index contributed by atoms with van der Waals surface area (Å²) in [4.78, 5) is 28.5. The van der Waals surface area contributed by atoms with Gasteiger partial charge < -0.3 is 24.4 Å². The number of nitrogens with one attached hydrogen (secondary N) is 2. The second-order valence-corrected chi connectivity index (χ2v) is 10.7. The van der Waals surface area contributed by atoms with Crippen molar-refractivity contribution in [3.63, 3.8) is 0 Å². The Balaban J connectivity index is 1.44. The minimum absolute atomic E-state index is 0.0958. The average Bonchev–Trinajstić information content (AvgIpc) is 3.49. The number of carbonyl (C=O) groups excluding carboxylic acids is 2. The summed E-state index contributed by atoms with van der Waals surface area (Å²) in [5, 5.41) is 10.1. The Morgan fingerprint density at radius 2 is 1.95 bits per heavy atom. The number of rotatable bonds is 4. The molecule has 4 heterocycles. The Labute approximate surface area is 249 Å². The lowest BCUT2D eigenvalue weighted by Gasteiger charge is -2.37. The monoisotopic (exact) mass is 584 g/mol. The molecule has 0 saturated carbocycles. The van der Waals surface area contributed by atoms with E-state index in [-0.39, 0.29) is 24.6 Å². The lowest BCUT2D eigenvalue weighted by molar-refractivity contribution is 0.0687. The number of H-pyrrole nitrogens is 1. The highest BCUT2D eigenvalue weighted by atomic mass is 19.1. The summed E-state index contributed by atoms with van der Waals surface area (Å²) in [6, 6.07) is 16.9. The van der Waals surface area contributed by atoms with E-state index in [1.165, 1.54) is 18.2 Å². The van der Waals surface area contributed by atoms with Crippen molar-refractivity contribution in [3.05, 3.63) is 100 Å². The van der Waals surface area contributed by atoms with Crippen molar-refractivity contribution in [2.45, 2.75) is 38.6 Å². The smallest absolute Gasteiger partial charge is 0.275 e. The molecule has 1 unspecified atom stereocenters. The van der Waals surface area contributed by atoms with Gasteiger partial charge in [-0.1, -0.05) is 25.5 Å². The van der Waals surface area contributed by atoms with Crippen LogP contribution in [-0.2, 0) is 12.8 Å².